The zero-order chi connectivity index (χ0) is 21.1. The average Bonchev–Trinajstić information content (AvgIpc) is 2.75. The lowest BCUT2D eigenvalue weighted by atomic mass is 9.79. The third-order valence-corrected chi connectivity index (χ3v) is 5.60. The summed E-state index contributed by atoms with van der Waals surface area (Å²) in [4.78, 5) is 12.2. The van der Waals surface area contributed by atoms with Gasteiger partial charge in [0.15, 0.2) is 6.29 Å². The smallest absolute Gasteiger partial charge is 0.338 e. The topological polar surface area (TPSA) is 63.2 Å². The number of benzene rings is 1. The molecule has 1 aromatic rings. The van der Waals surface area contributed by atoms with E-state index in [0.717, 1.165) is 13.0 Å². The molecule has 0 aromatic heterocycles. The van der Waals surface area contributed by atoms with Crippen LogP contribution in [0, 0.1) is 17.8 Å². The highest BCUT2D eigenvalue weighted by atomic mass is 16.7. The van der Waals surface area contributed by atoms with E-state index in [0.29, 0.717) is 37.9 Å². The van der Waals surface area contributed by atoms with E-state index in [-0.39, 0.29) is 36.8 Å². The predicted molar refractivity (Wildman–Crippen MR) is 111 cm³/mol. The molecule has 29 heavy (non-hydrogen) atoms. The van der Waals surface area contributed by atoms with Crippen molar-refractivity contribution in [1.29, 1.82) is 0 Å². The van der Waals surface area contributed by atoms with Crippen molar-refractivity contribution < 1.29 is 28.5 Å². The zero-order valence-corrected chi connectivity index (χ0v) is 18.2. The van der Waals surface area contributed by atoms with Gasteiger partial charge in [0, 0.05) is 12.5 Å². The fourth-order valence-electron chi connectivity index (χ4n) is 3.37. The van der Waals surface area contributed by atoms with Crippen molar-refractivity contribution in [3.8, 4) is 0 Å². The molecule has 5 atom stereocenters. The Morgan fingerprint density at radius 1 is 0.897 bits per heavy atom. The van der Waals surface area contributed by atoms with Gasteiger partial charge in [-0.3, -0.25) is 0 Å². The summed E-state index contributed by atoms with van der Waals surface area (Å²) in [7, 11) is 0. The lowest BCUT2D eigenvalue weighted by molar-refractivity contribution is -0.256. The predicted octanol–water partition coefficient (Wildman–Crippen LogP) is 3.94. The number of carbonyl (C=O) groups excluding carboxylic acids is 1. The maximum atomic E-state index is 12.2. The second-order valence-corrected chi connectivity index (χ2v) is 7.68. The minimum atomic E-state index is -0.332. The van der Waals surface area contributed by atoms with Crippen LogP contribution < -0.4 is 0 Å². The van der Waals surface area contributed by atoms with Crippen molar-refractivity contribution in [2.45, 2.75) is 46.5 Å². The monoisotopic (exact) mass is 408 g/mol. The minimum absolute atomic E-state index is 0.192. The second kappa shape index (κ2) is 13.0. The first-order valence-electron chi connectivity index (χ1n) is 10.7. The molecular formula is C23H36O6. The summed E-state index contributed by atoms with van der Waals surface area (Å²) in [6, 6.07) is 9.01. The number of rotatable bonds is 12. The Labute approximate surface area is 174 Å². The molecule has 0 saturated carbocycles. The van der Waals surface area contributed by atoms with Crippen LogP contribution in [0.2, 0.25) is 0 Å². The molecule has 1 saturated heterocycles. The number of ether oxygens (including phenoxy) is 5. The molecule has 2 rings (SSSR count). The highest BCUT2D eigenvalue weighted by Crippen LogP contribution is 2.35. The van der Waals surface area contributed by atoms with Crippen LogP contribution >= 0.6 is 0 Å². The molecule has 0 amide bonds. The summed E-state index contributed by atoms with van der Waals surface area (Å²) in [5, 5.41) is 0. The van der Waals surface area contributed by atoms with E-state index in [2.05, 4.69) is 27.7 Å². The van der Waals surface area contributed by atoms with Crippen molar-refractivity contribution in [1.82, 2.24) is 0 Å². The molecule has 1 aliphatic rings. The Morgan fingerprint density at radius 2 is 1.55 bits per heavy atom. The van der Waals surface area contributed by atoms with E-state index in [1.165, 1.54) is 0 Å². The van der Waals surface area contributed by atoms with Crippen LogP contribution in [0.5, 0.6) is 0 Å². The fourth-order valence-corrected chi connectivity index (χ4v) is 3.37. The minimum Gasteiger partial charge on any atom is -0.459 e. The molecule has 6 nitrogen and oxygen atoms in total. The van der Waals surface area contributed by atoms with Crippen LogP contribution in [0.15, 0.2) is 30.3 Å². The van der Waals surface area contributed by atoms with Crippen LogP contribution in [0.25, 0.3) is 0 Å². The van der Waals surface area contributed by atoms with E-state index >= 15 is 0 Å². The average molecular weight is 409 g/mol. The van der Waals surface area contributed by atoms with Gasteiger partial charge < -0.3 is 23.7 Å². The van der Waals surface area contributed by atoms with Gasteiger partial charge in [0.05, 0.1) is 38.1 Å². The van der Waals surface area contributed by atoms with E-state index in [9.17, 15) is 4.79 Å². The highest BCUT2D eigenvalue weighted by molar-refractivity contribution is 5.89. The third kappa shape index (κ3) is 7.70. The standard InChI is InChI=1S/C23H36O6/c1-5-11-25-12-13-26-14-15-27-23-19(4)17(2)18(3)21(29-23)16-28-22(24)20-9-7-6-8-10-20/h6-10,17-19,21,23H,5,11-16H2,1-4H3/t17-,18+,19?,21?,23+/m0/s1. The van der Waals surface area contributed by atoms with Gasteiger partial charge in [0.25, 0.3) is 0 Å². The van der Waals surface area contributed by atoms with Crippen LogP contribution in [0.1, 0.15) is 44.5 Å². The maximum absolute atomic E-state index is 12.2. The number of esters is 1. The van der Waals surface area contributed by atoms with Gasteiger partial charge in [0.1, 0.15) is 6.61 Å². The van der Waals surface area contributed by atoms with Crippen molar-refractivity contribution in [3.63, 3.8) is 0 Å². The maximum Gasteiger partial charge on any atom is 0.338 e. The van der Waals surface area contributed by atoms with Gasteiger partial charge in [-0.05, 0) is 30.4 Å². The van der Waals surface area contributed by atoms with Crippen LogP contribution in [0.4, 0.5) is 0 Å². The summed E-state index contributed by atoms with van der Waals surface area (Å²) in [6.07, 6.45) is 0.488. The van der Waals surface area contributed by atoms with E-state index < -0.39 is 0 Å². The number of carbonyl (C=O) groups is 1. The highest BCUT2D eigenvalue weighted by Gasteiger charge is 2.40. The van der Waals surface area contributed by atoms with Crippen molar-refractivity contribution >= 4 is 5.97 Å². The first-order valence-corrected chi connectivity index (χ1v) is 10.7. The zero-order valence-electron chi connectivity index (χ0n) is 18.2. The van der Waals surface area contributed by atoms with Gasteiger partial charge >= 0.3 is 5.97 Å². The SMILES string of the molecule is CCCOCCOCCO[C@@H]1OC(COC(=O)c2ccccc2)[C@H](C)[C@H](C)C1C. The number of hydrogen-bond donors (Lipinski definition) is 0. The quantitative estimate of drug-likeness (QED) is 0.386. The van der Waals surface area contributed by atoms with E-state index in [1.807, 2.05) is 18.2 Å². The summed E-state index contributed by atoms with van der Waals surface area (Å²) in [5.74, 6) is 0.570. The molecule has 2 unspecified atom stereocenters. The lowest BCUT2D eigenvalue weighted by Gasteiger charge is -2.43. The summed E-state index contributed by atoms with van der Waals surface area (Å²) in [5.41, 5.74) is 0.547. The van der Waals surface area contributed by atoms with Crippen LogP contribution in [0.3, 0.4) is 0 Å². The second-order valence-electron chi connectivity index (χ2n) is 7.68. The Morgan fingerprint density at radius 3 is 2.24 bits per heavy atom. The third-order valence-electron chi connectivity index (χ3n) is 5.60. The van der Waals surface area contributed by atoms with E-state index in [1.54, 1.807) is 12.1 Å². The molecule has 0 aliphatic carbocycles. The summed E-state index contributed by atoms with van der Waals surface area (Å²) < 4.78 is 28.5. The molecule has 164 valence electrons. The summed E-state index contributed by atoms with van der Waals surface area (Å²) >= 11 is 0. The van der Waals surface area contributed by atoms with Gasteiger partial charge in [-0.25, -0.2) is 4.79 Å². The Hall–Kier alpha value is -1.47. The first-order chi connectivity index (χ1) is 14.0. The molecule has 0 N–H and O–H groups in total. The van der Waals surface area contributed by atoms with Gasteiger partial charge in [0.2, 0.25) is 0 Å². The van der Waals surface area contributed by atoms with Crippen molar-refractivity contribution in [3.05, 3.63) is 35.9 Å². The van der Waals surface area contributed by atoms with Crippen molar-refractivity contribution in [2.24, 2.45) is 17.8 Å². The molecular weight excluding hydrogens is 372 g/mol. The Balaban J connectivity index is 1.74. The lowest BCUT2D eigenvalue weighted by Crippen LogP contribution is -2.48. The fraction of sp³-hybridized carbons (Fsp3) is 0.696. The molecule has 0 radical (unpaired) electrons. The Kier molecular flexibility index (Phi) is 10.6. The molecule has 0 spiro atoms. The molecule has 1 heterocycles. The van der Waals surface area contributed by atoms with Gasteiger partial charge in [-0.2, -0.15) is 0 Å². The normalized spacial score (nSPS) is 27.0. The largest absolute Gasteiger partial charge is 0.459 e. The van der Waals surface area contributed by atoms with Gasteiger partial charge in [-0.15, -0.1) is 0 Å². The Bertz CT molecular complexity index is 578. The first kappa shape index (κ1) is 23.8. The molecule has 1 aliphatic heterocycles. The molecule has 1 fully saturated rings. The van der Waals surface area contributed by atoms with Crippen LogP contribution in [-0.2, 0) is 23.7 Å². The van der Waals surface area contributed by atoms with E-state index in [4.69, 9.17) is 23.7 Å². The molecule has 6 heteroatoms. The summed E-state index contributed by atoms with van der Waals surface area (Å²) in [6.45, 7) is 11.7. The molecule has 1 aromatic carbocycles. The van der Waals surface area contributed by atoms with Crippen molar-refractivity contribution in [2.75, 3.05) is 39.6 Å². The van der Waals surface area contributed by atoms with Gasteiger partial charge in [-0.1, -0.05) is 45.9 Å². The van der Waals surface area contributed by atoms with Crippen LogP contribution in [-0.4, -0.2) is 58.0 Å². The molecule has 0 bridgehead atoms. The number of hydrogen-bond acceptors (Lipinski definition) is 6.